The number of imidazole rings is 1. The van der Waals surface area contributed by atoms with Crippen LogP contribution in [0.5, 0.6) is 0 Å². The van der Waals surface area contributed by atoms with Gasteiger partial charge in [-0.15, -0.1) is 0 Å². The van der Waals surface area contributed by atoms with Gasteiger partial charge in [-0.05, 0) is 57.0 Å². The summed E-state index contributed by atoms with van der Waals surface area (Å²) in [6.07, 6.45) is 1.57. The number of carbonyl (C=O) groups excluding carboxylic acids is 2. The van der Waals surface area contributed by atoms with Crippen LogP contribution < -0.4 is 4.90 Å². The van der Waals surface area contributed by atoms with E-state index in [-0.39, 0.29) is 12.2 Å². The number of hydrogen-bond donors (Lipinski definition) is 0. The number of anilines is 1. The van der Waals surface area contributed by atoms with Crippen molar-refractivity contribution in [2.24, 2.45) is 0 Å². The fraction of sp³-hybridized carbons (Fsp3) is 0.353. The summed E-state index contributed by atoms with van der Waals surface area (Å²) in [6.45, 7) is 7.47. The predicted octanol–water partition coefficient (Wildman–Crippen LogP) is 3.81. The number of benzene rings is 1. The fourth-order valence-electron chi connectivity index (χ4n) is 2.67. The second-order valence-corrected chi connectivity index (χ2v) is 7.07. The Morgan fingerprint density at radius 2 is 1.96 bits per heavy atom. The van der Waals surface area contributed by atoms with Crippen LogP contribution in [-0.2, 0) is 11.3 Å². The van der Waals surface area contributed by atoms with E-state index in [1.165, 1.54) is 4.90 Å². The SMILES string of the molecule is Cc1ccc2c(c1)N(C(=O)Cl)Cc1c(C(=O)OC(C)(C)C)ncn1-2. The van der Waals surface area contributed by atoms with E-state index in [2.05, 4.69) is 4.98 Å². The molecule has 0 aliphatic carbocycles. The Hall–Kier alpha value is -2.34. The van der Waals surface area contributed by atoms with Gasteiger partial charge in [-0.2, -0.15) is 0 Å². The molecule has 1 aliphatic rings. The summed E-state index contributed by atoms with van der Waals surface area (Å²) >= 11 is 5.75. The number of aryl methyl sites for hydroxylation is 1. The van der Waals surface area contributed by atoms with Crippen molar-refractivity contribution in [2.75, 3.05) is 4.90 Å². The minimum absolute atomic E-state index is 0.160. The van der Waals surface area contributed by atoms with Crippen molar-refractivity contribution in [1.29, 1.82) is 0 Å². The van der Waals surface area contributed by atoms with Crippen LogP contribution in [0.2, 0.25) is 0 Å². The summed E-state index contributed by atoms with van der Waals surface area (Å²) < 4.78 is 7.20. The van der Waals surface area contributed by atoms with Gasteiger partial charge in [0.25, 0.3) is 0 Å². The summed E-state index contributed by atoms with van der Waals surface area (Å²) in [4.78, 5) is 29.9. The van der Waals surface area contributed by atoms with Crippen LogP contribution in [0.15, 0.2) is 24.5 Å². The Labute approximate surface area is 145 Å². The number of halogens is 1. The first-order chi connectivity index (χ1) is 11.2. The number of carbonyl (C=O) groups is 2. The highest BCUT2D eigenvalue weighted by molar-refractivity contribution is 6.66. The number of aromatic nitrogens is 2. The van der Waals surface area contributed by atoms with Crippen molar-refractivity contribution in [3.05, 3.63) is 41.5 Å². The molecule has 3 rings (SSSR count). The lowest BCUT2D eigenvalue weighted by molar-refractivity contribution is 0.00620. The van der Waals surface area contributed by atoms with Gasteiger partial charge in [0.15, 0.2) is 5.69 Å². The number of ether oxygens (including phenoxy) is 1. The molecule has 24 heavy (non-hydrogen) atoms. The lowest BCUT2D eigenvalue weighted by Crippen LogP contribution is -2.33. The number of nitrogens with zero attached hydrogens (tertiary/aromatic N) is 3. The maximum atomic E-state index is 12.4. The van der Waals surface area contributed by atoms with Crippen molar-refractivity contribution < 1.29 is 14.3 Å². The normalized spacial score (nSPS) is 13.3. The quantitative estimate of drug-likeness (QED) is 0.447. The molecule has 2 aromatic rings. The van der Waals surface area contributed by atoms with Gasteiger partial charge in [0.05, 0.1) is 23.6 Å². The molecule has 2 heterocycles. The number of rotatable bonds is 1. The van der Waals surface area contributed by atoms with E-state index in [0.717, 1.165) is 11.3 Å². The highest BCUT2D eigenvalue weighted by atomic mass is 35.5. The topological polar surface area (TPSA) is 64.4 Å². The molecule has 0 saturated carbocycles. The molecule has 0 radical (unpaired) electrons. The Morgan fingerprint density at radius 3 is 2.58 bits per heavy atom. The Morgan fingerprint density at radius 1 is 1.25 bits per heavy atom. The molecule has 0 fully saturated rings. The Kier molecular flexibility index (Phi) is 3.87. The summed E-state index contributed by atoms with van der Waals surface area (Å²) in [5, 5.41) is -0.607. The first kappa shape index (κ1) is 16.5. The molecule has 0 atom stereocenters. The highest BCUT2D eigenvalue weighted by Crippen LogP contribution is 2.35. The number of amides is 1. The molecule has 1 amide bonds. The second-order valence-electron chi connectivity index (χ2n) is 6.74. The molecule has 0 bridgehead atoms. The molecule has 6 nitrogen and oxygen atoms in total. The summed E-state index contributed by atoms with van der Waals surface area (Å²) in [6, 6.07) is 5.68. The van der Waals surface area contributed by atoms with Gasteiger partial charge in [-0.3, -0.25) is 14.3 Å². The third-order valence-electron chi connectivity index (χ3n) is 3.66. The van der Waals surface area contributed by atoms with Crippen LogP contribution in [0.1, 0.15) is 42.5 Å². The lowest BCUT2D eigenvalue weighted by atomic mass is 10.1. The number of hydrogen-bond acceptors (Lipinski definition) is 4. The van der Waals surface area contributed by atoms with Gasteiger partial charge in [0.1, 0.15) is 11.9 Å². The summed E-state index contributed by atoms with van der Waals surface area (Å²) in [5.74, 6) is -0.520. The first-order valence-corrected chi connectivity index (χ1v) is 7.93. The zero-order chi connectivity index (χ0) is 17.6. The van der Waals surface area contributed by atoms with E-state index in [1.807, 2.05) is 25.1 Å². The molecule has 0 unspecified atom stereocenters. The van der Waals surface area contributed by atoms with E-state index in [9.17, 15) is 9.59 Å². The van der Waals surface area contributed by atoms with Crippen LogP contribution >= 0.6 is 11.6 Å². The maximum Gasteiger partial charge on any atom is 0.359 e. The van der Waals surface area contributed by atoms with Gasteiger partial charge < -0.3 is 4.74 Å². The minimum atomic E-state index is -0.626. The molecular weight excluding hydrogens is 330 g/mol. The largest absolute Gasteiger partial charge is 0.455 e. The number of fused-ring (bicyclic) bond motifs is 3. The van der Waals surface area contributed by atoms with E-state index in [0.29, 0.717) is 11.4 Å². The Bertz CT molecular complexity index is 836. The van der Waals surface area contributed by atoms with E-state index in [4.69, 9.17) is 16.3 Å². The van der Waals surface area contributed by atoms with E-state index < -0.39 is 16.9 Å². The highest BCUT2D eigenvalue weighted by Gasteiger charge is 2.32. The van der Waals surface area contributed by atoms with Crippen LogP contribution in [0.25, 0.3) is 5.69 Å². The molecule has 0 N–H and O–H groups in total. The molecular formula is C17H18ClN3O3. The smallest absolute Gasteiger partial charge is 0.359 e. The second kappa shape index (κ2) is 5.63. The van der Waals surface area contributed by atoms with Gasteiger partial charge in [-0.25, -0.2) is 9.78 Å². The summed E-state index contributed by atoms with van der Waals surface area (Å²) in [5.41, 5.74) is 2.59. The molecule has 0 saturated heterocycles. The van der Waals surface area contributed by atoms with Gasteiger partial charge in [-0.1, -0.05) is 6.07 Å². The van der Waals surface area contributed by atoms with Crippen LogP contribution in [-0.4, -0.2) is 26.5 Å². The molecule has 7 heteroatoms. The molecule has 1 aliphatic heterocycles. The minimum Gasteiger partial charge on any atom is -0.455 e. The lowest BCUT2D eigenvalue weighted by Gasteiger charge is -2.29. The van der Waals surface area contributed by atoms with Crippen LogP contribution in [0.3, 0.4) is 0 Å². The molecule has 1 aromatic carbocycles. The van der Waals surface area contributed by atoms with Crippen molar-refractivity contribution in [2.45, 2.75) is 39.8 Å². The van der Waals surface area contributed by atoms with Crippen molar-refractivity contribution in [3.8, 4) is 5.69 Å². The van der Waals surface area contributed by atoms with Crippen molar-refractivity contribution in [3.63, 3.8) is 0 Å². The van der Waals surface area contributed by atoms with E-state index >= 15 is 0 Å². The third kappa shape index (κ3) is 2.89. The van der Waals surface area contributed by atoms with Crippen molar-refractivity contribution in [1.82, 2.24) is 9.55 Å². The maximum absolute atomic E-state index is 12.4. The summed E-state index contributed by atoms with van der Waals surface area (Å²) in [7, 11) is 0. The number of esters is 1. The predicted molar refractivity (Wildman–Crippen MR) is 90.9 cm³/mol. The molecule has 0 spiro atoms. The van der Waals surface area contributed by atoms with Gasteiger partial charge in [0.2, 0.25) is 0 Å². The van der Waals surface area contributed by atoms with Crippen LogP contribution in [0.4, 0.5) is 10.5 Å². The fourth-order valence-corrected chi connectivity index (χ4v) is 2.83. The Balaban J connectivity index is 2.10. The monoisotopic (exact) mass is 347 g/mol. The first-order valence-electron chi connectivity index (χ1n) is 7.55. The van der Waals surface area contributed by atoms with Crippen molar-refractivity contribution >= 4 is 28.6 Å². The standard InChI is InChI=1S/C17H18ClN3O3/c1-10-5-6-11-12(7-10)20(16(18)23)8-13-14(19-9-21(11)13)15(22)24-17(2,3)4/h5-7,9H,8H2,1-4H3. The average molecular weight is 348 g/mol. The average Bonchev–Trinajstić information content (AvgIpc) is 2.87. The zero-order valence-electron chi connectivity index (χ0n) is 14.0. The van der Waals surface area contributed by atoms with Gasteiger partial charge in [0, 0.05) is 0 Å². The molecule has 126 valence electrons. The van der Waals surface area contributed by atoms with Crippen LogP contribution in [0, 0.1) is 6.92 Å². The zero-order valence-corrected chi connectivity index (χ0v) is 14.7. The van der Waals surface area contributed by atoms with E-state index in [1.54, 1.807) is 31.7 Å². The molecule has 1 aromatic heterocycles. The third-order valence-corrected chi connectivity index (χ3v) is 3.86. The van der Waals surface area contributed by atoms with Gasteiger partial charge >= 0.3 is 11.3 Å².